The van der Waals surface area contributed by atoms with E-state index in [9.17, 15) is 24.6 Å². The standard InChI is InChI=1S/C38H47N9O5S/c1-22(2)34(42-33(50)20-45-13-15-46(16-14-45)30-18-29(43-44-36(30)39)28-7-5-6-8-32(28)49)38(52)47-19-27(48)17-31(47)37(51)41-23(3)25-9-11-26(12-10-25)35-24(4)40-21-53-35/h5-12,18,21-23,27,31,34,48-49H,13-17,19-20H2,1-4H3,(H2,39,44)(H,41,51)(H,42,50)/t23-,27+,31-,34-/m0/s1. The van der Waals surface area contributed by atoms with Crippen LogP contribution in [0.4, 0.5) is 11.5 Å². The Labute approximate surface area is 313 Å². The van der Waals surface area contributed by atoms with E-state index in [1.807, 2.05) is 74.5 Å². The molecule has 4 heterocycles. The van der Waals surface area contributed by atoms with Gasteiger partial charge in [0, 0.05) is 44.7 Å². The van der Waals surface area contributed by atoms with Crippen LogP contribution in [0.1, 0.15) is 44.5 Å². The Bertz CT molecular complexity index is 1930. The van der Waals surface area contributed by atoms with E-state index in [0.717, 1.165) is 21.7 Å². The number of benzene rings is 2. The van der Waals surface area contributed by atoms with Crippen molar-refractivity contribution in [2.45, 2.75) is 58.3 Å². The first kappa shape index (κ1) is 37.6. The molecule has 0 bridgehead atoms. The maximum absolute atomic E-state index is 13.9. The average Bonchev–Trinajstić information content (AvgIpc) is 3.76. The zero-order valence-corrected chi connectivity index (χ0v) is 31.2. The Morgan fingerprint density at radius 1 is 1.00 bits per heavy atom. The van der Waals surface area contributed by atoms with Gasteiger partial charge in [-0.3, -0.25) is 19.3 Å². The van der Waals surface area contributed by atoms with Crippen molar-refractivity contribution < 1.29 is 24.6 Å². The molecule has 6 rings (SSSR count). The molecular formula is C38H47N9O5S. The monoisotopic (exact) mass is 741 g/mol. The molecule has 2 aliphatic rings. The molecule has 6 N–H and O–H groups in total. The largest absolute Gasteiger partial charge is 0.507 e. The molecule has 4 aromatic rings. The third-order valence-corrected chi connectivity index (χ3v) is 10.9. The van der Waals surface area contributed by atoms with Crippen LogP contribution in [0.3, 0.4) is 0 Å². The van der Waals surface area contributed by atoms with Gasteiger partial charge in [-0.05, 0) is 49.1 Å². The third-order valence-electron chi connectivity index (χ3n) is 9.95. The van der Waals surface area contributed by atoms with Crippen LogP contribution in [-0.2, 0) is 14.4 Å². The van der Waals surface area contributed by atoms with Gasteiger partial charge in [0.05, 0.1) is 46.2 Å². The number of aryl methyl sites for hydroxylation is 1. The number of aliphatic hydroxyl groups excluding tert-OH is 1. The second-order valence-corrected chi connectivity index (χ2v) is 14.9. The molecule has 3 amide bonds. The molecule has 53 heavy (non-hydrogen) atoms. The fraction of sp³-hybridized carbons (Fsp3) is 0.421. The Kier molecular flexibility index (Phi) is 11.6. The number of amides is 3. The number of hydrogen-bond donors (Lipinski definition) is 5. The molecule has 0 unspecified atom stereocenters. The summed E-state index contributed by atoms with van der Waals surface area (Å²) in [6.07, 6.45) is -0.742. The van der Waals surface area contributed by atoms with E-state index in [-0.39, 0.29) is 54.9 Å². The van der Waals surface area contributed by atoms with Crippen LogP contribution in [0.2, 0.25) is 0 Å². The van der Waals surface area contributed by atoms with E-state index in [1.54, 1.807) is 29.5 Å². The summed E-state index contributed by atoms with van der Waals surface area (Å²) in [7, 11) is 0. The van der Waals surface area contributed by atoms with Crippen LogP contribution in [0.15, 0.2) is 60.1 Å². The number of piperazine rings is 1. The number of anilines is 2. The minimum atomic E-state index is -0.875. The first-order valence-corrected chi connectivity index (χ1v) is 18.7. The quantitative estimate of drug-likeness (QED) is 0.152. The summed E-state index contributed by atoms with van der Waals surface area (Å²) in [5, 5.41) is 35.1. The molecule has 0 saturated carbocycles. The number of likely N-dealkylation sites (tertiary alicyclic amines) is 1. The van der Waals surface area contributed by atoms with Gasteiger partial charge >= 0.3 is 0 Å². The molecule has 15 heteroatoms. The molecule has 2 aromatic carbocycles. The first-order chi connectivity index (χ1) is 25.4. The highest BCUT2D eigenvalue weighted by Gasteiger charge is 2.42. The molecule has 280 valence electrons. The molecule has 4 atom stereocenters. The lowest BCUT2D eigenvalue weighted by Crippen LogP contribution is -2.57. The number of carbonyl (C=O) groups is 3. The fourth-order valence-electron chi connectivity index (χ4n) is 6.93. The van der Waals surface area contributed by atoms with Gasteiger partial charge in [0.2, 0.25) is 17.7 Å². The summed E-state index contributed by atoms with van der Waals surface area (Å²) < 4.78 is 0. The lowest BCUT2D eigenvalue weighted by atomic mass is 10.0. The number of carbonyl (C=O) groups excluding carboxylic acids is 3. The number of nitrogen functional groups attached to an aromatic ring is 1. The van der Waals surface area contributed by atoms with E-state index >= 15 is 0 Å². The van der Waals surface area contributed by atoms with Crippen molar-refractivity contribution in [2.24, 2.45) is 5.92 Å². The maximum atomic E-state index is 13.9. The minimum absolute atomic E-state index is 0.00778. The predicted molar refractivity (Wildman–Crippen MR) is 204 cm³/mol. The van der Waals surface area contributed by atoms with Crippen LogP contribution in [-0.4, -0.2) is 110 Å². The van der Waals surface area contributed by atoms with Crippen molar-refractivity contribution in [3.63, 3.8) is 0 Å². The number of aromatic nitrogens is 3. The highest BCUT2D eigenvalue weighted by Crippen LogP contribution is 2.32. The number of rotatable bonds is 11. The summed E-state index contributed by atoms with van der Waals surface area (Å²) in [5.74, 6) is -0.935. The minimum Gasteiger partial charge on any atom is -0.507 e. The highest BCUT2D eigenvalue weighted by atomic mass is 32.1. The van der Waals surface area contributed by atoms with Crippen molar-refractivity contribution in [2.75, 3.05) is 49.9 Å². The second-order valence-electron chi connectivity index (χ2n) is 14.1. The van der Waals surface area contributed by atoms with E-state index < -0.39 is 24.1 Å². The zero-order chi connectivity index (χ0) is 37.8. The summed E-state index contributed by atoms with van der Waals surface area (Å²) >= 11 is 1.58. The fourth-order valence-corrected chi connectivity index (χ4v) is 7.74. The van der Waals surface area contributed by atoms with Crippen molar-refractivity contribution in [1.29, 1.82) is 0 Å². The number of thiazole rings is 1. The zero-order valence-electron chi connectivity index (χ0n) is 30.4. The molecule has 2 aliphatic heterocycles. The summed E-state index contributed by atoms with van der Waals surface area (Å²) in [6.45, 7) is 9.92. The smallest absolute Gasteiger partial charge is 0.246 e. The molecule has 2 fully saturated rings. The van der Waals surface area contributed by atoms with Crippen LogP contribution < -0.4 is 21.3 Å². The Hall–Kier alpha value is -5.12. The lowest BCUT2D eigenvalue weighted by molar-refractivity contribution is -0.142. The number of phenols is 1. The molecule has 0 spiro atoms. The van der Waals surface area contributed by atoms with Gasteiger partial charge in [-0.2, -0.15) is 0 Å². The van der Waals surface area contributed by atoms with Crippen LogP contribution >= 0.6 is 11.3 Å². The Balaban J connectivity index is 1.04. The molecule has 0 aliphatic carbocycles. The summed E-state index contributed by atoms with van der Waals surface area (Å²) in [4.78, 5) is 51.8. The van der Waals surface area contributed by atoms with Gasteiger partial charge in [-0.1, -0.05) is 50.2 Å². The van der Waals surface area contributed by atoms with Gasteiger partial charge in [0.15, 0.2) is 5.82 Å². The highest BCUT2D eigenvalue weighted by molar-refractivity contribution is 7.13. The number of nitrogens with one attached hydrogen (secondary N) is 2. The molecule has 0 radical (unpaired) electrons. The summed E-state index contributed by atoms with van der Waals surface area (Å²) in [6, 6.07) is 14.6. The average molecular weight is 742 g/mol. The van der Waals surface area contributed by atoms with E-state index in [4.69, 9.17) is 5.73 Å². The number of aromatic hydroxyl groups is 1. The SMILES string of the molecule is Cc1ncsc1-c1ccc([C@H](C)NC(=O)[C@@H]2C[C@@H](O)CN2C(=O)[C@@H](NC(=O)CN2CCN(c3cc(-c4ccccc4O)nnc3N)CC2)C(C)C)cc1. The Morgan fingerprint density at radius 2 is 1.72 bits per heavy atom. The van der Waals surface area contributed by atoms with Crippen molar-refractivity contribution in [3.8, 4) is 27.4 Å². The normalized spacial score (nSPS) is 18.9. The van der Waals surface area contributed by atoms with Gasteiger partial charge in [0.1, 0.15) is 17.8 Å². The third kappa shape index (κ3) is 8.58. The van der Waals surface area contributed by atoms with E-state index in [0.29, 0.717) is 43.1 Å². The molecule has 2 aromatic heterocycles. The van der Waals surface area contributed by atoms with Gasteiger partial charge in [0.25, 0.3) is 0 Å². The first-order valence-electron chi connectivity index (χ1n) is 17.9. The van der Waals surface area contributed by atoms with Gasteiger partial charge < -0.3 is 36.4 Å². The van der Waals surface area contributed by atoms with Crippen molar-refractivity contribution >= 4 is 40.6 Å². The number of phenolic OH excluding ortho intramolecular Hbond substituents is 1. The lowest BCUT2D eigenvalue weighted by Gasteiger charge is -2.36. The van der Waals surface area contributed by atoms with Crippen LogP contribution in [0.5, 0.6) is 5.75 Å². The molecule has 14 nitrogen and oxygen atoms in total. The summed E-state index contributed by atoms with van der Waals surface area (Å²) in [5.41, 5.74) is 12.7. The number of nitrogens with zero attached hydrogens (tertiary/aromatic N) is 6. The number of para-hydroxylation sites is 1. The van der Waals surface area contributed by atoms with Crippen LogP contribution in [0.25, 0.3) is 21.7 Å². The van der Waals surface area contributed by atoms with Gasteiger partial charge in [-0.15, -0.1) is 21.5 Å². The van der Waals surface area contributed by atoms with Crippen LogP contribution in [0, 0.1) is 12.8 Å². The van der Waals surface area contributed by atoms with E-state index in [2.05, 4.69) is 30.7 Å². The topological polar surface area (TPSA) is 190 Å². The van der Waals surface area contributed by atoms with Crippen molar-refractivity contribution in [3.05, 3.63) is 71.4 Å². The number of hydrogen-bond acceptors (Lipinski definition) is 12. The van der Waals surface area contributed by atoms with E-state index in [1.165, 1.54) is 4.90 Å². The van der Waals surface area contributed by atoms with Crippen molar-refractivity contribution in [1.82, 2.24) is 35.6 Å². The Morgan fingerprint density at radius 3 is 2.38 bits per heavy atom. The number of β-amino-alcohol motifs (C(OH)–C–C–N with tert-alkyl or cyclic N) is 1. The number of aliphatic hydroxyl groups is 1. The van der Waals surface area contributed by atoms with Gasteiger partial charge in [-0.25, -0.2) is 4.98 Å². The second kappa shape index (κ2) is 16.3. The molecular weight excluding hydrogens is 695 g/mol. The number of nitrogens with two attached hydrogens (primary N) is 1. The molecule has 2 saturated heterocycles. The maximum Gasteiger partial charge on any atom is 0.246 e. The predicted octanol–water partition coefficient (Wildman–Crippen LogP) is 2.97.